The van der Waals surface area contributed by atoms with Crippen LogP contribution in [0.5, 0.6) is 0 Å². The van der Waals surface area contributed by atoms with E-state index in [1.165, 1.54) is 17.7 Å². The molecule has 0 spiro atoms. The molecule has 0 atom stereocenters. The first-order valence-corrected chi connectivity index (χ1v) is 11.0. The summed E-state index contributed by atoms with van der Waals surface area (Å²) in [5.41, 5.74) is 4.02. The van der Waals surface area contributed by atoms with Crippen LogP contribution in [0.3, 0.4) is 0 Å². The van der Waals surface area contributed by atoms with Crippen LogP contribution in [0.2, 0.25) is 0 Å². The molecule has 8 nitrogen and oxygen atoms in total. The van der Waals surface area contributed by atoms with Crippen molar-refractivity contribution in [3.8, 4) is 12.1 Å². The predicted octanol–water partition coefficient (Wildman–Crippen LogP) is 4.23. The van der Waals surface area contributed by atoms with Crippen LogP contribution in [-0.2, 0) is 14.4 Å². The Morgan fingerprint density at radius 3 is 1.62 bits per heavy atom. The Kier molecular flexibility index (Phi) is 10.6. The average molecular weight is 451 g/mol. The molecule has 0 heterocycles. The molecule has 32 heavy (non-hydrogen) atoms. The molecule has 0 bridgehead atoms. The highest BCUT2D eigenvalue weighted by molar-refractivity contribution is 7.85. The van der Waals surface area contributed by atoms with Crippen molar-refractivity contribution in [1.82, 2.24) is 0 Å². The summed E-state index contributed by atoms with van der Waals surface area (Å²) >= 11 is 0. The Morgan fingerprint density at radius 1 is 0.875 bits per heavy atom. The molecule has 0 aromatic heterocycles. The van der Waals surface area contributed by atoms with E-state index >= 15 is 0 Å². The van der Waals surface area contributed by atoms with Gasteiger partial charge in [-0.2, -0.15) is 18.9 Å². The van der Waals surface area contributed by atoms with Crippen LogP contribution in [0.25, 0.3) is 12.2 Å². The summed E-state index contributed by atoms with van der Waals surface area (Å²) in [7, 11) is -3.69. The summed E-state index contributed by atoms with van der Waals surface area (Å²) < 4.78 is 25.6. The molecule has 0 radical (unpaired) electrons. The monoisotopic (exact) mass is 450 g/mol. The third kappa shape index (κ3) is 11.1. The standard InChI is InChI=1S/C12H12N2O3S.C11H10N2O/c1-10-3-5-11(6-4-10)7-8-12(9-13)14-17-18(2,15)16;1-9-2-4-10(5-3-9)6-7-11(8-12)13-14/h3-8H,1-2H3;2-7,14H,1H3. The van der Waals surface area contributed by atoms with Crippen molar-refractivity contribution in [2.24, 2.45) is 10.3 Å². The van der Waals surface area contributed by atoms with E-state index in [1.807, 2.05) is 62.4 Å². The highest BCUT2D eigenvalue weighted by Crippen LogP contribution is 2.06. The normalized spacial score (nSPS) is 12.0. The van der Waals surface area contributed by atoms with Crippen molar-refractivity contribution in [2.75, 3.05) is 6.26 Å². The Labute approximate surface area is 187 Å². The molecule has 2 aromatic rings. The Bertz CT molecular complexity index is 1200. The van der Waals surface area contributed by atoms with E-state index in [0.717, 1.165) is 22.9 Å². The van der Waals surface area contributed by atoms with Crippen molar-refractivity contribution >= 4 is 33.7 Å². The fourth-order valence-electron chi connectivity index (χ4n) is 1.99. The molecular formula is C23H22N4O4S. The third-order valence-corrected chi connectivity index (χ3v) is 3.98. The summed E-state index contributed by atoms with van der Waals surface area (Å²) in [4.78, 5) is 0. The summed E-state index contributed by atoms with van der Waals surface area (Å²) in [6.07, 6.45) is 7.07. The van der Waals surface area contributed by atoms with E-state index < -0.39 is 10.1 Å². The highest BCUT2D eigenvalue weighted by Gasteiger charge is 2.01. The lowest BCUT2D eigenvalue weighted by molar-refractivity contribution is 0.320. The smallest absolute Gasteiger partial charge is 0.325 e. The highest BCUT2D eigenvalue weighted by atomic mass is 32.2. The lowest BCUT2D eigenvalue weighted by Gasteiger charge is -1.95. The van der Waals surface area contributed by atoms with E-state index in [0.29, 0.717) is 0 Å². The molecule has 0 aliphatic carbocycles. The Morgan fingerprint density at radius 2 is 1.28 bits per heavy atom. The van der Waals surface area contributed by atoms with E-state index in [4.69, 9.17) is 15.7 Å². The van der Waals surface area contributed by atoms with Crippen LogP contribution in [-0.4, -0.2) is 31.3 Å². The van der Waals surface area contributed by atoms with Crippen molar-refractivity contribution in [1.29, 1.82) is 10.5 Å². The maximum Gasteiger partial charge on any atom is 0.325 e. The van der Waals surface area contributed by atoms with E-state index in [9.17, 15) is 8.42 Å². The minimum atomic E-state index is -3.69. The zero-order chi connectivity index (χ0) is 24.0. The molecule has 9 heteroatoms. The number of oxime groups is 2. The van der Waals surface area contributed by atoms with E-state index in [1.54, 1.807) is 24.3 Å². The largest absolute Gasteiger partial charge is 0.410 e. The predicted molar refractivity (Wildman–Crippen MR) is 124 cm³/mol. The first kappa shape index (κ1) is 25.8. The fourth-order valence-corrected chi connectivity index (χ4v) is 2.21. The minimum Gasteiger partial charge on any atom is -0.410 e. The van der Waals surface area contributed by atoms with Gasteiger partial charge in [-0.05, 0) is 37.1 Å². The van der Waals surface area contributed by atoms with Gasteiger partial charge in [-0.1, -0.05) is 82.1 Å². The maximum absolute atomic E-state index is 10.7. The minimum absolute atomic E-state index is 0.00873. The molecular weight excluding hydrogens is 428 g/mol. The molecule has 0 aliphatic heterocycles. The van der Waals surface area contributed by atoms with E-state index in [2.05, 4.69) is 14.6 Å². The van der Waals surface area contributed by atoms with Crippen LogP contribution in [0.15, 0.2) is 71.0 Å². The van der Waals surface area contributed by atoms with Crippen molar-refractivity contribution in [3.05, 3.63) is 82.9 Å². The Balaban J connectivity index is 0.000000330. The van der Waals surface area contributed by atoms with Crippen LogP contribution >= 0.6 is 0 Å². The topological polar surface area (TPSA) is 136 Å². The summed E-state index contributed by atoms with van der Waals surface area (Å²) in [5, 5.41) is 31.6. The first-order valence-electron chi connectivity index (χ1n) is 9.15. The summed E-state index contributed by atoms with van der Waals surface area (Å²) in [6.45, 7) is 3.97. The molecule has 2 aromatic carbocycles. The quantitative estimate of drug-likeness (QED) is 0.397. The molecule has 0 fully saturated rings. The number of benzene rings is 2. The summed E-state index contributed by atoms with van der Waals surface area (Å²) in [6, 6.07) is 18.9. The van der Waals surface area contributed by atoms with Gasteiger partial charge in [-0.25, -0.2) is 0 Å². The molecule has 0 amide bonds. The van der Waals surface area contributed by atoms with Gasteiger partial charge in [0.1, 0.15) is 12.1 Å². The lowest BCUT2D eigenvalue weighted by atomic mass is 10.1. The number of nitriles is 2. The van der Waals surface area contributed by atoms with Crippen molar-refractivity contribution in [2.45, 2.75) is 13.8 Å². The maximum atomic E-state index is 10.7. The number of hydrogen-bond acceptors (Lipinski definition) is 8. The number of aryl methyl sites for hydroxylation is 2. The number of nitrogens with zero attached hydrogens (tertiary/aromatic N) is 4. The number of hydrogen-bond donors (Lipinski definition) is 1. The van der Waals surface area contributed by atoms with E-state index in [-0.39, 0.29) is 11.4 Å². The zero-order valence-corrected chi connectivity index (χ0v) is 18.6. The number of rotatable bonds is 6. The van der Waals surface area contributed by atoms with Gasteiger partial charge in [0.05, 0.1) is 6.26 Å². The molecule has 2 rings (SSSR count). The van der Waals surface area contributed by atoms with Gasteiger partial charge in [0.2, 0.25) is 0 Å². The zero-order valence-electron chi connectivity index (χ0n) is 17.8. The van der Waals surface area contributed by atoms with Crippen LogP contribution in [0.1, 0.15) is 22.3 Å². The van der Waals surface area contributed by atoms with Gasteiger partial charge in [0.25, 0.3) is 0 Å². The molecule has 1 N–H and O–H groups in total. The van der Waals surface area contributed by atoms with Crippen LogP contribution in [0.4, 0.5) is 0 Å². The van der Waals surface area contributed by atoms with Gasteiger partial charge in [0, 0.05) is 0 Å². The SMILES string of the molecule is Cc1ccc(C=CC(C#N)=NO)cc1.Cc1ccc(C=CC(C#N)=NOS(C)(=O)=O)cc1. The van der Waals surface area contributed by atoms with Crippen LogP contribution in [0, 0.1) is 36.5 Å². The van der Waals surface area contributed by atoms with Gasteiger partial charge in [-0.15, -0.1) is 0 Å². The third-order valence-electron chi connectivity index (χ3n) is 3.63. The molecule has 164 valence electrons. The average Bonchev–Trinajstić information content (AvgIpc) is 2.77. The Hall–Kier alpha value is -4.21. The van der Waals surface area contributed by atoms with Crippen molar-refractivity contribution in [3.63, 3.8) is 0 Å². The summed E-state index contributed by atoms with van der Waals surface area (Å²) in [5.74, 6) is 0. The fraction of sp³-hybridized carbons (Fsp3) is 0.130. The van der Waals surface area contributed by atoms with Gasteiger partial charge >= 0.3 is 10.1 Å². The molecule has 0 aliphatic rings. The second-order valence-corrected chi connectivity index (χ2v) is 8.01. The van der Waals surface area contributed by atoms with Crippen molar-refractivity contribution < 1.29 is 17.9 Å². The molecule has 0 unspecified atom stereocenters. The second kappa shape index (κ2) is 13.2. The van der Waals surface area contributed by atoms with Gasteiger partial charge < -0.3 is 5.21 Å². The van der Waals surface area contributed by atoms with Gasteiger partial charge in [0.15, 0.2) is 11.4 Å². The first-order chi connectivity index (χ1) is 15.2. The second-order valence-electron chi connectivity index (χ2n) is 6.45. The van der Waals surface area contributed by atoms with Gasteiger partial charge in [-0.3, -0.25) is 4.28 Å². The molecule has 0 saturated heterocycles. The number of allylic oxidation sites excluding steroid dienone is 2. The molecule has 0 saturated carbocycles. The lowest BCUT2D eigenvalue weighted by Crippen LogP contribution is -1.99. The van der Waals surface area contributed by atoms with Crippen LogP contribution < -0.4 is 0 Å².